The number of benzene rings is 2. The molecule has 2 heterocycles. The van der Waals surface area contributed by atoms with Crippen molar-refractivity contribution in [2.75, 3.05) is 19.0 Å². The summed E-state index contributed by atoms with van der Waals surface area (Å²) in [4.78, 5) is 2.31. The fraction of sp³-hybridized carbons (Fsp3) is 0.323. The number of para-hydroxylation sites is 2. The van der Waals surface area contributed by atoms with Crippen LogP contribution in [0.4, 0.5) is 11.4 Å². The Hall–Kier alpha value is -3.33. The number of allylic oxidation sites excluding steroid dienone is 7. The number of anilines is 1. The molecule has 0 saturated carbocycles. The number of rotatable bonds is 3. The molecule has 1 aliphatic carbocycles. The zero-order chi connectivity index (χ0) is 24.3. The second-order valence-electron chi connectivity index (χ2n) is 10.8. The quantitative estimate of drug-likeness (QED) is 0.542. The Morgan fingerprint density at radius 3 is 2.24 bits per heavy atom. The van der Waals surface area contributed by atoms with Crippen molar-refractivity contribution in [3.8, 4) is 0 Å². The van der Waals surface area contributed by atoms with Crippen molar-refractivity contribution < 1.29 is 4.58 Å². The number of nitrogens with two attached hydrogens (primary N) is 1. The van der Waals surface area contributed by atoms with Crippen LogP contribution in [0.2, 0.25) is 0 Å². The SMILES string of the molecule is CN1C(=CC=C2CCC(C=CC3=[N+](C)c4ccccc4C3(C)C)=C2N)C(C)(C)c2ccccc21. The van der Waals surface area contributed by atoms with Crippen molar-refractivity contribution in [3.63, 3.8) is 0 Å². The standard InChI is InChI=1S/C31H35N3/c1-30(2)23-11-7-9-13-25(23)33(5)27(30)19-17-21-15-16-22(29(21)32)18-20-28-31(3,4)24-12-8-10-14-26(24)34(28)6/h7-14,17-20,32H,15-16H2,1-6H3/p+1. The van der Waals surface area contributed by atoms with Crippen LogP contribution in [0, 0.1) is 0 Å². The topological polar surface area (TPSA) is 32.3 Å². The van der Waals surface area contributed by atoms with Gasteiger partial charge in [0.15, 0.2) is 5.71 Å². The summed E-state index contributed by atoms with van der Waals surface area (Å²) in [5.41, 5.74) is 18.0. The van der Waals surface area contributed by atoms with E-state index in [1.165, 1.54) is 45.1 Å². The Bertz CT molecular complexity index is 1330. The average Bonchev–Trinajstić information content (AvgIpc) is 3.33. The largest absolute Gasteiger partial charge is 0.398 e. The lowest BCUT2D eigenvalue weighted by Gasteiger charge is -2.23. The highest BCUT2D eigenvalue weighted by molar-refractivity contribution is 6.03. The summed E-state index contributed by atoms with van der Waals surface area (Å²) in [6, 6.07) is 17.4. The molecule has 0 radical (unpaired) electrons. The molecule has 0 atom stereocenters. The van der Waals surface area contributed by atoms with Crippen molar-refractivity contribution in [2.45, 2.75) is 51.4 Å². The molecule has 2 aromatic rings. The lowest BCUT2D eigenvalue weighted by molar-refractivity contribution is -0.401. The van der Waals surface area contributed by atoms with Crippen LogP contribution in [0.25, 0.3) is 0 Å². The van der Waals surface area contributed by atoms with Crippen LogP contribution < -0.4 is 10.6 Å². The minimum absolute atomic E-state index is 0.0213. The smallest absolute Gasteiger partial charge is 0.209 e. The summed E-state index contributed by atoms with van der Waals surface area (Å²) in [6.45, 7) is 9.21. The Labute approximate surface area is 204 Å². The second kappa shape index (κ2) is 7.87. The van der Waals surface area contributed by atoms with E-state index in [4.69, 9.17) is 5.73 Å². The first-order chi connectivity index (χ1) is 16.1. The molecule has 0 unspecified atom stereocenters. The molecule has 0 aromatic heterocycles. The van der Waals surface area contributed by atoms with Gasteiger partial charge in [-0.25, -0.2) is 0 Å². The number of nitrogens with zero attached hydrogens (tertiary/aromatic N) is 2. The van der Waals surface area contributed by atoms with Crippen LogP contribution in [0.1, 0.15) is 51.7 Å². The van der Waals surface area contributed by atoms with Crippen molar-refractivity contribution in [1.82, 2.24) is 0 Å². The van der Waals surface area contributed by atoms with Gasteiger partial charge in [-0.2, -0.15) is 4.58 Å². The summed E-state index contributed by atoms with van der Waals surface area (Å²) in [5, 5.41) is 0. The van der Waals surface area contributed by atoms with Gasteiger partial charge in [0.05, 0.1) is 5.41 Å². The van der Waals surface area contributed by atoms with Crippen LogP contribution in [-0.4, -0.2) is 24.4 Å². The number of fused-ring (bicyclic) bond motifs is 2. The van der Waals surface area contributed by atoms with Gasteiger partial charge in [-0.05, 0) is 55.5 Å². The molecule has 174 valence electrons. The summed E-state index contributed by atoms with van der Waals surface area (Å²) < 4.78 is 2.31. The molecule has 3 aliphatic rings. The highest BCUT2D eigenvalue weighted by atomic mass is 15.2. The molecule has 2 aromatic carbocycles. The van der Waals surface area contributed by atoms with Gasteiger partial charge in [0.2, 0.25) is 5.69 Å². The van der Waals surface area contributed by atoms with Gasteiger partial charge in [-0.1, -0.05) is 62.4 Å². The average molecular weight is 451 g/mol. The molecule has 0 spiro atoms. The van der Waals surface area contributed by atoms with E-state index in [-0.39, 0.29) is 10.8 Å². The summed E-state index contributed by atoms with van der Waals surface area (Å²) >= 11 is 0. The zero-order valence-corrected chi connectivity index (χ0v) is 21.3. The molecule has 0 bridgehead atoms. The van der Waals surface area contributed by atoms with E-state index in [0.29, 0.717) is 0 Å². The minimum Gasteiger partial charge on any atom is -0.398 e. The number of hydrogen-bond acceptors (Lipinski definition) is 2. The van der Waals surface area contributed by atoms with Gasteiger partial charge in [-0.15, -0.1) is 0 Å². The fourth-order valence-electron chi connectivity index (χ4n) is 6.05. The molecule has 0 amide bonds. The Morgan fingerprint density at radius 1 is 0.853 bits per heavy atom. The van der Waals surface area contributed by atoms with Gasteiger partial charge in [-0.3, -0.25) is 0 Å². The number of likely N-dealkylation sites (N-methyl/N-ethyl adjacent to an activating group) is 1. The van der Waals surface area contributed by atoms with Gasteiger partial charge in [0, 0.05) is 47.2 Å². The maximum Gasteiger partial charge on any atom is 0.209 e. The summed E-state index contributed by atoms with van der Waals surface area (Å²) in [7, 11) is 4.32. The maximum absolute atomic E-state index is 6.66. The van der Waals surface area contributed by atoms with Crippen LogP contribution in [0.15, 0.2) is 95.4 Å². The molecule has 34 heavy (non-hydrogen) atoms. The summed E-state index contributed by atoms with van der Waals surface area (Å²) in [6.07, 6.45) is 11.0. The molecule has 2 N–H and O–H groups in total. The molecule has 0 saturated heterocycles. The van der Waals surface area contributed by atoms with E-state index in [1.807, 2.05) is 0 Å². The minimum atomic E-state index is -0.0213. The van der Waals surface area contributed by atoms with Gasteiger partial charge >= 0.3 is 0 Å². The monoisotopic (exact) mass is 450 g/mol. The van der Waals surface area contributed by atoms with E-state index in [1.54, 1.807) is 0 Å². The van der Waals surface area contributed by atoms with Crippen LogP contribution in [-0.2, 0) is 10.8 Å². The Kier molecular flexibility index (Phi) is 5.20. The van der Waals surface area contributed by atoms with Crippen LogP contribution in [0.5, 0.6) is 0 Å². The molecule has 3 heteroatoms. The van der Waals surface area contributed by atoms with E-state index in [0.717, 1.165) is 18.5 Å². The van der Waals surface area contributed by atoms with E-state index in [2.05, 4.69) is 124 Å². The van der Waals surface area contributed by atoms with Crippen LogP contribution >= 0.6 is 0 Å². The third-order valence-electron chi connectivity index (χ3n) is 8.12. The molecule has 0 fully saturated rings. The fourth-order valence-corrected chi connectivity index (χ4v) is 6.05. The van der Waals surface area contributed by atoms with E-state index in [9.17, 15) is 0 Å². The highest BCUT2D eigenvalue weighted by Crippen LogP contribution is 2.47. The molecule has 2 aliphatic heterocycles. The predicted molar refractivity (Wildman–Crippen MR) is 144 cm³/mol. The second-order valence-corrected chi connectivity index (χ2v) is 10.8. The molecular weight excluding hydrogens is 414 g/mol. The van der Waals surface area contributed by atoms with Crippen LogP contribution in [0.3, 0.4) is 0 Å². The summed E-state index contributed by atoms with van der Waals surface area (Å²) in [5.74, 6) is 0. The lowest BCUT2D eigenvalue weighted by atomic mass is 9.81. The first kappa shape index (κ1) is 22.5. The first-order valence-corrected chi connectivity index (χ1v) is 12.3. The highest BCUT2D eigenvalue weighted by Gasteiger charge is 2.42. The van der Waals surface area contributed by atoms with Gasteiger partial charge < -0.3 is 10.6 Å². The van der Waals surface area contributed by atoms with Gasteiger partial charge in [0.1, 0.15) is 7.05 Å². The van der Waals surface area contributed by atoms with Crippen molar-refractivity contribution in [3.05, 3.63) is 107 Å². The molecular formula is C31H36N3+. The first-order valence-electron chi connectivity index (χ1n) is 12.3. The van der Waals surface area contributed by atoms with Crippen molar-refractivity contribution in [1.29, 1.82) is 0 Å². The maximum atomic E-state index is 6.66. The van der Waals surface area contributed by atoms with E-state index >= 15 is 0 Å². The predicted octanol–water partition coefficient (Wildman–Crippen LogP) is 6.49. The van der Waals surface area contributed by atoms with Crippen molar-refractivity contribution in [2.24, 2.45) is 5.73 Å². The number of hydrogen-bond donors (Lipinski definition) is 1. The third kappa shape index (κ3) is 3.29. The molecule has 5 rings (SSSR count). The molecule has 3 nitrogen and oxygen atoms in total. The Morgan fingerprint density at radius 2 is 1.53 bits per heavy atom. The van der Waals surface area contributed by atoms with Gasteiger partial charge in [0.25, 0.3) is 0 Å². The lowest BCUT2D eigenvalue weighted by Crippen LogP contribution is -2.26. The normalized spacial score (nSPS) is 23.1. The zero-order valence-electron chi connectivity index (χ0n) is 21.3. The van der Waals surface area contributed by atoms with E-state index < -0.39 is 0 Å². The third-order valence-corrected chi connectivity index (χ3v) is 8.12. The Balaban J connectivity index is 1.43. The van der Waals surface area contributed by atoms with Crippen molar-refractivity contribution >= 4 is 17.1 Å².